The van der Waals surface area contributed by atoms with Crippen molar-refractivity contribution in [2.75, 3.05) is 19.8 Å². The molecule has 0 amide bonds. The molecule has 1 heterocycles. The van der Waals surface area contributed by atoms with E-state index in [0.29, 0.717) is 19.5 Å². The van der Waals surface area contributed by atoms with E-state index in [2.05, 4.69) is 0 Å². The SMILES string of the molecule is O=[N+]([O-])CN1CCC(O)C1. The van der Waals surface area contributed by atoms with Gasteiger partial charge in [0.05, 0.1) is 6.10 Å². The second-order valence-electron chi connectivity index (χ2n) is 2.49. The van der Waals surface area contributed by atoms with E-state index in [0.717, 1.165) is 0 Å². The van der Waals surface area contributed by atoms with Crippen LogP contribution in [0.15, 0.2) is 0 Å². The summed E-state index contributed by atoms with van der Waals surface area (Å²) < 4.78 is 0. The number of nitro groups is 1. The zero-order valence-electron chi connectivity index (χ0n) is 5.56. The van der Waals surface area contributed by atoms with Gasteiger partial charge in [0, 0.05) is 18.0 Å². The molecule has 0 aromatic heterocycles. The molecule has 5 heteroatoms. The van der Waals surface area contributed by atoms with Crippen molar-refractivity contribution in [3.8, 4) is 0 Å². The predicted molar refractivity (Wildman–Crippen MR) is 34.1 cm³/mol. The number of likely N-dealkylation sites (tertiary alicyclic amines) is 1. The third-order valence-electron chi connectivity index (χ3n) is 1.56. The Morgan fingerprint density at radius 1 is 1.80 bits per heavy atom. The molecule has 0 aliphatic carbocycles. The summed E-state index contributed by atoms with van der Waals surface area (Å²) in [5, 5.41) is 18.9. The highest BCUT2D eigenvalue weighted by Gasteiger charge is 2.22. The van der Waals surface area contributed by atoms with E-state index < -0.39 is 0 Å². The molecule has 58 valence electrons. The standard InChI is InChI=1S/C5H10N2O3/c8-5-1-2-6(3-5)4-7(9)10/h5,8H,1-4H2. The van der Waals surface area contributed by atoms with Crippen LogP contribution in [0.5, 0.6) is 0 Å². The Labute approximate surface area is 58.4 Å². The lowest BCUT2D eigenvalue weighted by Crippen LogP contribution is -2.27. The van der Waals surface area contributed by atoms with Crippen molar-refractivity contribution in [2.45, 2.75) is 12.5 Å². The van der Waals surface area contributed by atoms with Crippen LogP contribution >= 0.6 is 0 Å². The van der Waals surface area contributed by atoms with Gasteiger partial charge >= 0.3 is 0 Å². The maximum absolute atomic E-state index is 9.94. The molecule has 0 bridgehead atoms. The van der Waals surface area contributed by atoms with Gasteiger partial charge in [-0.3, -0.25) is 10.1 Å². The summed E-state index contributed by atoms with van der Waals surface area (Å²) in [7, 11) is 0. The molecule has 0 spiro atoms. The van der Waals surface area contributed by atoms with Gasteiger partial charge in [-0.05, 0) is 6.42 Å². The summed E-state index contributed by atoms with van der Waals surface area (Å²) in [6, 6.07) is 0. The molecule has 0 saturated carbocycles. The molecule has 0 aromatic rings. The number of rotatable bonds is 2. The van der Waals surface area contributed by atoms with Gasteiger partial charge in [0.2, 0.25) is 0 Å². The zero-order chi connectivity index (χ0) is 7.56. The highest BCUT2D eigenvalue weighted by atomic mass is 16.6. The third-order valence-corrected chi connectivity index (χ3v) is 1.56. The largest absolute Gasteiger partial charge is 0.392 e. The average Bonchev–Trinajstić information content (AvgIpc) is 2.13. The molecule has 1 unspecified atom stereocenters. The lowest BCUT2D eigenvalue weighted by atomic mass is 10.3. The molecule has 10 heavy (non-hydrogen) atoms. The van der Waals surface area contributed by atoms with E-state index in [1.807, 2.05) is 0 Å². The summed E-state index contributed by atoms with van der Waals surface area (Å²) in [6.45, 7) is 0.945. The molecule has 1 saturated heterocycles. The molecule has 1 fully saturated rings. The first-order valence-corrected chi connectivity index (χ1v) is 3.20. The molecule has 1 N–H and O–H groups in total. The normalized spacial score (nSPS) is 27.1. The Morgan fingerprint density at radius 3 is 2.90 bits per heavy atom. The molecule has 0 aromatic carbocycles. The molecule has 0 radical (unpaired) electrons. The predicted octanol–water partition coefficient (Wildman–Crippen LogP) is -0.713. The van der Waals surface area contributed by atoms with Crippen LogP contribution in [0, 0.1) is 10.1 Å². The Morgan fingerprint density at radius 2 is 2.50 bits per heavy atom. The molecular formula is C5H10N2O3. The van der Waals surface area contributed by atoms with Crippen LogP contribution < -0.4 is 0 Å². The van der Waals surface area contributed by atoms with Crippen molar-refractivity contribution in [2.24, 2.45) is 0 Å². The first-order chi connectivity index (χ1) is 4.68. The van der Waals surface area contributed by atoms with Gasteiger partial charge in [-0.15, -0.1) is 0 Å². The molecule has 1 aliphatic rings. The van der Waals surface area contributed by atoms with Gasteiger partial charge in [-0.2, -0.15) is 0 Å². The number of hydrogen-bond donors (Lipinski definition) is 1. The Hall–Kier alpha value is -0.680. The quantitative estimate of drug-likeness (QED) is 0.412. The van der Waals surface area contributed by atoms with Crippen LogP contribution in [0.1, 0.15) is 6.42 Å². The second kappa shape index (κ2) is 2.94. The summed E-state index contributed by atoms with van der Waals surface area (Å²) in [5.41, 5.74) is 0. The van der Waals surface area contributed by atoms with Crippen molar-refractivity contribution >= 4 is 0 Å². The van der Waals surface area contributed by atoms with Gasteiger partial charge in [0.25, 0.3) is 6.67 Å². The molecular weight excluding hydrogens is 136 g/mol. The summed E-state index contributed by atoms with van der Waals surface area (Å²) in [5.74, 6) is 0. The fourth-order valence-electron chi connectivity index (χ4n) is 1.10. The van der Waals surface area contributed by atoms with E-state index in [1.165, 1.54) is 0 Å². The Balaban J connectivity index is 2.24. The average molecular weight is 146 g/mol. The fraction of sp³-hybridized carbons (Fsp3) is 1.00. The lowest BCUT2D eigenvalue weighted by molar-refractivity contribution is -0.503. The first kappa shape index (κ1) is 7.43. The van der Waals surface area contributed by atoms with Gasteiger partial charge in [0.15, 0.2) is 0 Å². The Kier molecular flexibility index (Phi) is 2.18. The van der Waals surface area contributed by atoms with E-state index in [-0.39, 0.29) is 17.7 Å². The van der Waals surface area contributed by atoms with Gasteiger partial charge < -0.3 is 5.11 Å². The van der Waals surface area contributed by atoms with Crippen LogP contribution in [0.3, 0.4) is 0 Å². The minimum absolute atomic E-state index is 0.142. The van der Waals surface area contributed by atoms with Crippen LogP contribution in [-0.4, -0.2) is 40.8 Å². The van der Waals surface area contributed by atoms with Crippen molar-refractivity contribution in [3.05, 3.63) is 10.1 Å². The smallest absolute Gasteiger partial charge is 0.259 e. The van der Waals surface area contributed by atoms with Gasteiger partial charge in [-0.25, -0.2) is 4.90 Å². The monoisotopic (exact) mass is 146 g/mol. The minimum atomic E-state index is -0.377. The highest BCUT2D eigenvalue weighted by molar-refractivity contribution is 4.71. The second-order valence-corrected chi connectivity index (χ2v) is 2.49. The van der Waals surface area contributed by atoms with E-state index in [1.54, 1.807) is 4.90 Å². The highest BCUT2D eigenvalue weighted by Crippen LogP contribution is 2.07. The van der Waals surface area contributed by atoms with Crippen molar-refractivity contribution in [1.82, 2.24) is 4.90 Å². The first-order valence-electron chi connectivity index (χ1n) is 3.20. The topological polar surface area (TPSA) is 66.6 Å². The fourth-order valence-corrected chi connectivity index (χ4v) is 1.10. The minimum Gasteiger partial charge on any atom is -0.392 e. The van der Waals surface area contributed by atoms with Crippen LogP contribution in [0.2, 0.25) is 0 Å². The van der Waals surface area contributed by atoms with Gasteiger partial charge in [-0.1, -0.05) is 0 Å². The number of hydrogen-bond acceptors (Lipinski definition) is 4. The molecule has 1 rings (SSSR count). The van der Waals surface area contributed by atoms with Crippen LogP contribution in [0.4, 0.5) is 0 Å². The Bertz CT molecular complexity index is 139. The molecule has 1 aliphatic heterocycles. The maximum atomic E-state index is 9.94. The maximum Gasteiger partial charge on any atom is 0.259 e. The van der Waals surface area contributed by atoms with E-state index >= 15 is 0 Å². The third kappa shape index (κ3) is 1.93. The van der Waals surface area contributed by atoms with E-state index in [4.69, 9.17) is 5.11 Å². The number of aliphatic hydroxyl groups excluding tert-OH is 1. The van der Waals surface area contributed by atoms with Crippen molar-refractivity contribution < 1.29 is 10.0 Å². The molecule has 1 atom stereocenters. The zero-order valence-corrected chi connectivity index (χ0v) is 5.56. The molecule has 5 nitrogen and oxygen atoms in total. The number of aliphatic hydroxyl groups is 1. The van der Waals surface area contributed by atoms with E-state index in [9.17, 15) is 10.1 Å². The van der Waals surface area contributed by atoms with Gasteiger partial charge in [0.1, 0.15) is 0 Å². The number of nitrogens with zero attached hydrogens (tertiary/aromatic N) is 2. The summed E-state index contributed by atoms with van der Waals surface area (Å²) in [6.07, 6.45) is 0.299. The number of β-amino-alcohol motifs (C(OH)–C–C–N with tert-alkyl or cyclic N) is 1. The summed E-state index contributed by atoms with van der Waals surface area (Å²) >= 11 is 0. The van der Waals surface area contributed by atoms with Crippen molar-refractivity contribution in [3.63, 3.8) is 0 Å². The van der Waals surface area contributed by atoms with Crippen LogP contribution in [0.25, 0.3) is 0 Å². The van der Waals surface area contributed by atoms with Crippen LogP contribution in [-0.2, 0) is 0 Å². The van der Waals surface area contributed by atoms with Crippen molar-refractivity contribution in [1.29, 1.82) is 0 Å². The summed E-state index contributed by atoms with van der Waals surface area (Å²) in [4.78, 5) is 11.2. The lowest BCUT2D eigenvalue weighted by Gasteiger charge is -2.07.